The van der Waals surface area contributed by atoms with E-state index in [0.717, 1.165) is 53.3 Å². The van der Waals surface area contributed by atoms with E-state index in [0.29, 0.717) is 0 Å². The molecule has 0 unspecified atom stereocenters. The molecular weight excluding hydrogens is 320 g/mol. The highest BCUT2D eigenvalue weighted by molar-refractivity contribution is 9.10. The molecule has 0 N–H and O–H groups in total. The molecule has 5 nitrogen and oxygen atoms in total. The number of morpholine rings is 1. The third-order valence-corrected chi connectivity index (χ3v) is 4.45. The van der Waals surface area contributed by atoms with Crippen molar-refractivity contribution in [1.82, 2.24) is 14.4 Å². The molecule has 0 bridgehead atoms. The zero-order valence-electron chi connectivity index (χ0n) is 10.8. The molecule has 3 aromatic heterocycles. The monoisotopic (exact) mass is 332 g/mol. The van der Waals surface area contributed by atoms with Gasteiger partial charge in [-0.1, -0.05) is 0 Å². The molecule has 1 aliphatic rings. The number of hydrogen-bond acceptors (Lipinski definition) is 4. The number of aromatic nitrogens is 3. The van der Waals surface area contributed by atoms with Crippen LogP contribution in [0.15, 0.2) is 35.1 Å². The van der Waals surface area contributed by atoms with E-state index < -0.39 is 0 Å². The van der Waals surface area contributed by atoms with Gasteiger partial charge < -0.3 is 9.64 Å². The number of hydrogen-bond donors (Lipinski definition) is 0. The van der Waals surface area contributed by atoms with E-state index in [-0.39, 0.29) is 0 Å². The number of ether oxygens (including phenoxy) is 1. The average Bonchev–Trinajstić information content (AvgIpc) is 2.82. The van der Waals surface area contributed by atoms with E-state index in [4.69, 9.17) is 4.74 Å². The van der Waals surface area contributed by atoms with Gasteiger partial charge in [-0.15, -0.1) is 0 Å². The fourth-order valence-electron chi connectivity index (χ4n) is 2.67. The molecular formula is C14H13BrN4O. The van der Waals surface area contributed by atoms with Gasteiger partial charge in [0.1, 0.15) is 5.65 Å². The van der Waals surface area contributed by atoms with Crippen molar-refractivity contribution >= 4 is 38.4 Å². The lowest BCUT2D eigenvalue weighted by atomic mass is 10.3. The minimum absolute atomic E-state index is 0.742. The standard InChI is InChI=1S/C14H13BrN4O/c15-12-10-2-1-4-16-13(10)19-11(12)3-5-17-14(19)18-6-8-20-9-7-18/h1-5H,6-9H2. The van der Waals surface area contributed by atoms with Crippen LogP contribution in [0.4, 0.5) is 5.95 Å². The molecule has 0 atom stereocenters. The van der Waals surface area contributed by atoms with E-state index in [1.54, 1.807) is 0 Å². The van der Waals surface area contributed by atoms with Gasteiger partial charge >= 0.3 is 0 Å². The van der Waals surface area contributed by atoms with Crippen LogP contribution in [0.1, 0.15) is 0 Å². The zero-order chi connectivity index (χ0) is 13.5. The lowest BCUT2D eigenvalue weighted by Gasteiger charge is -2.28. The van der Waals surface area contributed by atoms with E-state index in [1.165, 1.54) is 0 Å². The molecule has 4 heterocycles. The summed E-state index contributed by atoms with van der Waals surface area (Å²) in [5.41, 5.74) is 2.03. The van der Waals surface area contributed by atoms with Crippen LogP contribution in [0.5, 0.6) is 0 Å². The van der Waals surface area contributed by atoms with Crippen LogP contribution in [0, 0.1) is 0 Å². The first-order valence-corrected chi connectivity index (χ1v) is 7.38. The fourth-order valence-corrected chi connectivity index (χ4v) is 3.28. The van der Waals surface area contributed by atoms with Crippen LogP contribution >= 0.6 is 15.9 Å². The van der Waals surface area contributed by atoms with Gasteiger partial charge in [0.25, 0.3) is 0 Å². The molecule has 4 rings (SSSR count). The molecule has 3 aromatic rings. The summed E-state index contributed by atoms with van der Waals surface area (Å²) in [6.45, 7) is 3.20. The summed E-state index contributed by atoms with van der Waals surface area (Å²) < 4.78 is 8.61. The van der Waals surface area contributed by atoms with E-state index in [2.05, 4.69) is 41.3 Å². The van der Waals surface area contributed by atoms with E-state index in [1.807, 2.05) is 24.5 Å². The minimum Gasteiger partial charge on any atom is -0.378 e. The molecule has 0 amide bonds. The number of halogens is 1. The van der Waals surface area contributed by atoms with Crippen LogP contribution in [0.2, 0.25) is 0 Å². The molecule has 0 aliphatic carbocycles. The Bertz CT molecular complexity index is 779. The lowest BCUT2D eigenvalue weighted by Crippen LogP contribution is -2.37. The fraction of sp³-hybridized carbons (Fsp3) is 0.286. The molecule has 1 fully saturated rings. The molecule has 1 saturated heterocycles. The number of nitrogens with zero attached hydrogens (tertiary/aromatic N) is 4. The van der Waals surface area contributed by atoms with Gasteiger partial charge in [-0.25, -0.2) is 9.97 Å². The summed E-state index contributed by atoms with van der Waals surface area (Å²) in [6, 6.07) is 6.03. The highest BCUT2D eigenvalue weighted by Crippen LogP contribution is 2.32. The highest BCUT2D eigenvalue weighted by Gasteiger charge is 2.19. The van der Waals surface area contributed by atoms with Gasteiger partial charge in [-0.3, -0.25) is 4.40 Å². The molecule has 20 heavy (non-hydrogen) atoms. The smallest absolute Gasteiger partial charge is 0.211 e. The summed E-state index contributed by atoms with van der Waals surface area (Å²) in [6.07, 6.45) is 3.67. The maximum absolute atomic E-state index is 5.42. The van der Waals surface area contributed by atoms with Crippen molar-refractivity contribution in [2.24, 2.45) is 0 Å². The summed E-state index contributed by atoms with van der Waals surface area (Å²) in [4.78, 5) is 11.3. The van der Waals surface area contributed by atoms with E-state index >= 15 is 0 Å². The first kappa shape index (κ1) is 12.1. The first-order chi connectivity index (χ1) is 9.86. The lowest BCUT2D eigenvalue weighted by molar-refractivity contribution is 0.122. The third kappa shape index (κ3) is 1.72. The summed E-state index contributed by atoms with van der Waals surface area (Å²) in [5, 5.41) is 1.11. The van der Waals surface area contributed by atoms with Gasteiger partial charge in [-0.05, 0) is 34.1 Å². The predicted molar refractivity (Wildman–Crippen MR) is 81.2 cm³/mol. The Morgan fingerprint density at radius 1 is 1.10 bits per heavy atom. The first-order valence-electron chi connectivity index (χ1n) is 6.58. The second-order valence-corrected chi connectivity index (χ2v) is 5.55. The Kier molecular flexibility index (Phi) is 2.85. The van der Waals surface area contributed by atoms with Crippen LogP contribution in [0.3, 0.4) is 0 Å². The normalized spacial score (nSPS) is 16.1. The second-order valence-electron chi connectivity index (χ2n) is 4.75. The van der Waals surface area contributed by atoms with Crippen LogP contribution < -0.4 is 4.90 Å². The summed E-state index contributed by atoms with van der Waals surface area (Å²) in [5.74, 6) is 0.931. The largest absolute Gasteiger partial charge is 0.378 e. The minimum atomic E-state index is 0.742. The topological polar surface area (TPSA) is 42.7 Å². The number of fused-ring (bicyclic) bond motifs is 3. The Morgan fingerprint density at radius 2 is 1.95 bits per heavy atom. The number of anilines is 1. The SMILES string of the molecule is Brc1c2cccnc2n2c(N3CCOCC3)nccc12. The Hall–Kier alpha value is -1.66. The van der Waals surface area contributed by atoms with Crippen LogP contribution in [0.25, 0.3) is 16.6 Å². The molecule has 0 spiro atoms. The van der Waals surface area contributed by atoms with Gasteiger partial charge in [-0.2, -0.15) is 0 Å². The van der Waals surface area contributed by atoms with Gasteiger partial charge in [0.05, 0.1) is 23.2 Å². The zero-order valence-corrected chi connectivity index (χ0v) is 12.4. The van der Waals surface area contributed by atoms with Crippen molar-refractivity contribution in [3.8, 4) is 0 Å². The maximum atomic E-state index is 5.42. The average molecular weight is 333 g/mol. The van der Waals surface area contributed by atoms with Crippen LogP contribution in [-0.4, -0.2) is 40.7 Å². The Labute approximate surface area is 124 Å². The quantitative estimate of drug-likeness (QED) is 0.686. The van der Waals surface area contributed by atoms with E-state index in [9.17, 15) is 0 Å². The molecule has 1 aliphatic heterocycles. The van der Waals surface area contributed by atoms with Crippen molar-refractivity contribution in [2.45, 2.75) is 0 Å². The van der Waals surface area contributed by atoms with Crippen molar-refractivity contribution < 1.29 is 4.74 Å². The van der Waals surface area contributed by atoms with Gasteiger partial charge in [0.15, 0.2) is 0 Å². The predicted octanol–water partition coefficient (Wildman–Crippen LogP) is 2.48. The highest BCUT2D eigenvalue weighted by atomic mass is 79.9. The molecule has 102 valence electrons. The Balaban J connectivity index is 2.03. The molecule has 0 radical (unpaired) electrons. The Morgan fingerprint density at radius 3 is 2.80 bits per heavy atom. The maximum Gasteiger partial charge on any atom is 0.211 e. The van der Waals surface area contributed by atoms with Crippen molar-refractivity contribution in [2.75, 3.05) is 31.2 Å². The van der Waals surface area contributed by atoms with Crippen molar-refractivity contribution in [3.05, 3.63) is 35.1 Å². The van der Waals surface area contributed by atoms with Crippen molar-refractivity contribution in [3.63, 3.8) is 0 Å². The number of pyridine rings is 1. The van der Waals surface area contributed by atoms with Crippen molar-refractivity contribution in [1.29, 1.82) is 0 Å². The summed E-state index contributed by atoms with van der Waals surface area (Å²) >= 11 is 3.68. The second kappa shape index (κ2) is 4.71. The molecule has 0 aromatic carbocycles. The molecule has 0 saturated carbocycles. The third-order valence-electron chi connectivity index (χ3n) is 3.62. The summed E-state index contributed by atoms with van der Waals surface area (Å²) in [7, 11) is 0. The van der Waals surface area contributed by atoms with Gasteiger partial charge in [0.2, 0.25) is 5.95 Å². The number of rotatable bonds is 1. The molecule has 6 heteroatoms. The van der Waals surface area contributed by atoms with Gasteiger partial charge in [0, 0.05) is 30.9 Å². The van der Waals surface area contributed by atoms with Crippen LogP contribution in [-0.2, 0) is 4.74 Å².